The van der Waals surface area contributed by atoms with Crippen LogP contribution in [0, 0.1) is 5.92 Å². The highest BCUT2D eigenvalue weighted by Gasteiger charge is 2.32. The summed E-state index contributed by atoms with van der Waals surface area (Å²) in [6.07, 6.45) is 1.26. The average Bonchev–Trinajstić information content (AvgIpc) is 2.75. The number of rotatable bonds is 7. The summed E-state index contributed by atoms with van der Waals surface area (Å²) in [7, 11) is -3.89. The van der Waals surface area contributed by atoms with Crippen LogP contribution in [-0.4, -0.2) is 43.8 Å². The number of carbonyl (C=O) groups excluding carboxylic acids is 2. The standard InChI is InChI=1S/C22H25ClN2O5S/c1-15(21(24)26)30-22(27)18-7-8-19(23)20(14-18)31(28,29)25-11-9-17(10-12-25)13-16-5-3-2-4-6-16/h2-8,14-15,17H,9-13H2,1H3,(H2,24,26)/t15-/m0/s1. The van der Waals surface area contributed by atoms with E-state index in [2.05, 4.69) is 12.1 Å². The molecule has 1 saturated heterocycles. The van der Waals surface area contributed by atoms with Crippen molar-refractivity contribution < 1.29 is 22.7 Å². The predicted octanol–water partition coefficient (Wildman–Crippen LogP) is 3.01. The van der Waals surface area contributed by atoms with E-state index in [-0.39, 0.29) is 15.5 Å². The van der Waals surface area contributed by atoms with E-state index < -0.39 is 28.0 Å². The molecule has 0 aliphatic carbocycles. The lowest BCUT2D eigenvalue weighted by Crippen LogP contribution is -2.39. The fourth-order valence-corrected chi connectivity index (χ4v) is 5.53. The van der Waals surface area contributed by atoms with Crippen LogP contribution < -0.4 is 5.73 Å². The quantitative estimate of drug-likeness (QED) is 0.634. The summed E-state index contributed by atoms with van der Waals surface area (Å²) in [5.74, 6) is -1.24. The first-order valence-electron chi connectivity index (χ1n) is 10.0. The Morgan fingerprint density at radius 1 is 1.16 bits per heavy atom. The van der Waals surface area contributed by atoms with Crippen molar-refractivity contribution in [3.63, 3.8) is 0 Å². The van der Waals surface area contributed by atoms with Crippen molar-refractivity contribution in [3.8, 4) is 0 Å². The fourth-order valence-electron chi connectivity index (χ4n) is 3.55. The normalized spacial score (nSPS) is 16.6. The largest absolute Gasteiger partial charge is 0.449 e. The lowest BCUT2D eigenvalue weighted by molar-refractivity contribution is -0.125. The first-order chi connectivity index (χ1) is 14.7. The third kappa shape index (κ3) is 5.64. The minimum atomic E-state index is -3.89. The highest BCUT2D eigenvalue weighted by molar-refractivity contribution is 7.89. The van der Waals surface area contributed by atoms with Gasteiger partial charge in [-0.3, -0.25) is 4.79 Å². The van der Waals surface area contributed by atoms with Gasteiger partial charge in [0.2, 0.25) is 10.0 Å². The number of sulfonamides is 1. The fraction of sp³-hybridized carbons (Fsp3) is 0.364. The predicted molar refractivity (Wildman–Crippen MR) is 117 cm³/mol. The zero-order chi connectivity index (χ0) is 22.6. The Bertz CT molecular complexity index is 1050. The lowest BCUT2D eigenvalue weighted by Gasteiger charge is -2.31. The first-order valence-corrected chi connectivity index (χ1v) is 11.8. The zero-order valence-electron chi connectivity index (χ0n) is 17.2. The first kappa shape index (κ1) is 23.2. The number of amides is 1. The summed E-state index contributed by atoms with van der Waals surface area (Å²) in [5, 5.41) is 0.0194. The molecule has 0 unspecified atom stereocenters. The van der Waals surface area contributed by atoms with Crippen molar-refractivity contribution in [3.05, 3.63) is 64.7 Å². The monoisotopic (exact) mass is 464 g/mol. The number of primary amides is 1. The minimum absolute atomic E-state index is 0.0185. The van der Waals surface area contributed by atoms with Gasteiger partial charge >= 0.3 is 5.97 Å². The van der Waals surface area contributed by atoms with Crippen molar-refractivity contribution in [2.24, 2.45) is 11.7 Å². The van der Waals surface area contributed by atoms with Gasteiger partial charge in [0.15, 0.2) is 6.10 Å². The number of nitrogens with two attached hydrogens (primary N) is 1. The molecule has 0 bridgehead atoms. The van der Waals surface area contributed by atoms with Gasteiger partial charge in [-0.25, -0.2) is 13.2 Å². The molecule has 1 aliphatic rings. The number of hydrogen-bond acceptors (Lipinski definition) is 5. The van der Waals surface area contributed by atoms with E-state index in [0.29, 0.717) is 19.0 Å². The molecule has 0 saturated carbocycles. The number of piperidine rings is 1. The molecule has 1 amide bonds. The molecule has 31 heavy (non-hydrogen) atoms. The van der Waals surface area contributed by atoms with Crippen molar-refractivity contribution in [1.29, 1.82) is 0 Å². The minimum Gasteiger partial charge on any atom is -0.449 e. The molecule has 0 radical (unpaired) electrons. The van der Waals surface area contributed by atoms with Gasteiger partial charge in [-0.15, -0.1) is 0 Å². The highest BCUT2D eigenvalue weighted by atomic mass is 35.5. The topological polar surface area (TPSA) is 107 Å². The van der Waals surface area contributed by atoms with Gasteiger partial charge in [-0.05, 0) is 55.9 Å². The number of esters is 1. The average molecular weight is 465 g/mol. The van der Waals surface area contributed by atoms with Gasteiger partial charge in [0.1, 0.15) is 4.90 Å². The smallest absolute Gasteiger partial charge is 0.338 e. The Morgan fingerprint density at radius 2 is 1.81 bits per heavy atom. The molecule has 1 aliphatic heterocycles. The Labute approximate surface area is 187 Å². The van der Waals surface area contributed by atoms with Crippen LogP contribution in [0.5, 0.6) is 0 Å². The van der Waals surface area contributed by atoms with Crippen LogP contribution in [0.15, 0.2) is 53.4 Å². The number of carbonyl (C=O) groups is 2. The van der Waals surface area contributed by atoms with E-state index in [1.54, 1.807) is 0 Å². The van der Waals surface area contributed by atoms with Crippen LogP contribution in [0.2, 0.25) is 5.02 Å². The van der Waals surface area contributed by atoms with E-state index in [1.807, 2.05) is 18.2 Å². The molecule has 2 aromatic carbocycles. The molecule has 0 aromatic heterocycles. The number of nitrogens with zero attached hydrogens (tertiary/aromatic N) is 1. The van der Waals surface area contributed by atoms with Crippen LogP contribution in [0.1, 0.15) is 35.7 Å². The molecule has 9 heteroatoms. The van der Waals surface area contributed by atoms with Gasteiger partial charge in [0.25, 0.3) is 5.91 Å². The molecule has 2 N–H and O–H groups in total. The van der Waals surface area contributed by atoms with Gasteiger partial charge in [-0.2, -0.15) is 4.31 Å². The maximum Gasteiger partial charge on any atom is 0.338 e. The van der Waals surface area contributed by atoms with E-state index in [9.17, 15) is 18.0 Å². The van der Waals surface area contributed by atoms with Crippen LogP contribution in [-0.2, 0) is 26.0 Å². The zero-order valence-corrected chi connectivity index (χ0v) is 18.7. The Hall–Kier alpha value is -2.42. The third-order valence-electron chi connectivity index (χ3n) is 5.41. The van der Waals surface area contributed by atoms with Gasteiger partial charge in [-0.1, -0.05) is 41.9 Å². The lowest BCUT2D eigenvalue weighted by atomic mass is 9.91. The molecular formula is C22H25ClN2O5S. The van der Waals surface area contributed by atoms with Crippen LogP contribution in [0.25, 0.3) is 0 Å². The summed E-state index contributed by atoms with van der Waals surface area (Å²) in [4.78, 5) is 23.2. The molecule has 3 rings (SSSR count). The van der Waals surface area contributed by atoms with Gasteiger partial charge in [0.05, 0.1) is 10.6 Å². The summed E-state index contributed by atoms with van der Waals surface area (Å²) in [6, 6.07) is 14.0. The molecule has 0 spiro atoms. The van der Waals surface area contributed by atoms with Crippen LogP contribution in [0.4, 0.5) is 0 Å². The Kier molecular flexibility index (Phi) is 7.35. The van der Waals surface area contributed by atoms with Crippen LogP contribution in [0.3, 0.4) is 0 Å². The maximum absolute atomic E-state index is 13.2. The second kappa shape index (κ2) is 9.80. The SMILES string of the molecule is C[C@H](OC(=O)c1ccc(Cl)c(S(=O)(=O)N2CCC(Cc3ccccc3)CC2)c1)C(N)=O. The van der Waals surface area contributed by atoms with E-state index in [1.165, 1.54) is 35.0 Å². The third-order valence-corrected chi connectivity index (χ3v) is 7.79. The Balaban J connectivity index is 1.71. The second-order valence-electron chi connectivity index (χ2n) is 7.63. The van der Waals surface area contributed by atoms with Gasteiger partial charge in [0, 0.05) is 13.1 Å². The highest BCUT2D eigenvalue weighted by Crippen LogP contribution is 2.30. The molecular weight excluding hydrogens is 440 g/mol. The number of halogens is 1. The van der Waals surface area contributed by atoms with Crippen molar-refractivity contribution in [2.75, 3.05) is 13.1 Å². The second-order valence-corrected chi connectivity index (χ2v) is 9.95. The summed E-state index contributed by atoms with van der Waals surface area (Å²) >= 11 is 6.16. The molecule has 1 atom stereocenters. The summed E-state index contributed by atoms with van der Waals surface area (Å²) in [5.41, 5.74) is 6.32. The van der Waals surface area contributed by atoms with Crippen molar-refractivity contribution in [1.82, 2.24) is 4.31 Å². The molecule has 2 aromatic rings. The molecule has 1 heterocycles. The summed E-state index contributed by atoms with van der Waals surface area (Å²) < 4.78 is 32.7. The van der Waals surface area contributed by atoms with Crippen molar-refractivity contribution >= 4 is 33.5 Å². The number of benzene rings is 2. The van der Waals surface area contributed by atoms with Gasteiger partial charge < -0.3 is 10.5 Å². The molecule has 7 nitrogen and oxygen atoms in total. The number of ether oxygens (including phenoxy) is 1. The maximum atomic E-state index is 13.2. The summed E-state index contributed by atoms with van der Waals surface area (Å²) in [6.45, 7) is 2.10. The van der Waals surface area contributed by atoms with E-state index in [4.69, 9.17) is 22.1 Å². The Morgan fingerprint density at radius 3 is 2.42 bits per heavy atom. The number of hydrogen-bond donors (Lipinski definition) is 1. The van der Waals surface area contributed by atoms with E-state index >= 15 is 0 Å². The van der Waals surface area contributed by atoms with Crippen molar-refractivity contribution in [2.45, 2.75) is 37.2 Å². The van der Waals surface area contributed by atoms with Crippen LogP contribution >= 0.6 is 11.6 Å². The molecule has 1 fully saturated rings. The molecule has 166 valence electrons. The van der Waals surface area contributed by atoms with E-state index in [0.717, 1.165) is 19.3 Å².